The van der Waals surface area contributed by atoms with Crippen molar-refractivity contribution >= 4 is 11.9 Å². The SMILES string of the molecule is COC(=O)C1CCN(C(=O)C2NCC3CCCC32)CC1. The molecule has 3 rings (SSSR count). The quantitative estimate of drug-likeness (QED) is 0.760. The van der Waals surface area contributed by atoms with E-state index in [2.05, 4.69) is 5.32 Å². The predicted molar refractivity (Wildman–Crippen MR) is 73.9 cm³/mol. The predicted octanol–water partition coefficient (Wildman–Crippen LogP) is 0.786. The van der Waals surface area contributed by atoms with E-state index in [1.165, 1.54) is 26.4 Å². The second kappa shape index (κ2) is 5.72. The number of ether oxygens (including phenoxy) is 1. The van der Waals surface area contributed by atoms with Crippen LogP contribution in [0.3, 0.4) is 0 Å². The molecule has 1 aliphatic carbocycles. The molecule has 1 saturated carbocycles. The fourth-order valence-corrected chi connectivity index (χ4v) is 4.16. The average molecular weight is 280 g/mol. The van der Waals surface area contributed by atoms with E-state index in [1.807, 2.05) is 4.90 Å². The van der Waals surface area contributed by atoms with Gasteiger partial charge in [0.25, 0.3) is 0 Å². The minimum absolute atomic E-state index is 0.0252. The number of piperidine rings is 1. The molecule has 0 bridgehead atoms. The van der Waals surface area contributed by atoms with Crippen molar-refractivity contribution in [2.75, 3.05) is 26.7 Å². The molecule has 2 saturated heterocycles. The van der Waals surface area contributed by atoms with Gasteiger partial charge in [0.1, 0.15) is 0 Å². The Balaban J connectivity index is 1.55. The van der Waals surface area contributed by atoms with E-state index < -0.39 is 0 Å². The second-order valence-corrected chi connectivity index (χ2v) is 6.36. The molecule has 0 spiro atoms. The molecule has 0 aromatic rings. The lowest BCUT2D eigenvalue weighted by Gasteiger charge is -2.33. The molecule has 3 fully saturated rings. The van der Waals surface area contributed by atoms with E-state index in [9.17, 15) is 9.59 Å². The van der Waals surface area contributed by atoms with Crippen molar-refractivity contribution in [3.05, 3.63) is 0 Å². The Morgan fingerprint density at radius 3 is 2.60 bits per heavy atom. The van der Waals surface area contributed by atoms with Crippen molar-refractivity contribution in [1.29, 1.82) is 0 Å². The van der Waals surface area contributed by atoms with Crippen molar-refractivity contribution in [3.8, 4) is 0 Å². The summed E-state index contributed by atoms with van der Waals surface area (Å²) in [5.74, 6) is 1.34. The van der Waals surface area contributed by atoms with Gasteiger partial charge in [-0.2, -0.15) is 0 Å². The van der Waals surface area contributed by atoms with E-state index in [4.69, 9.17) is 4.74 Å². The summed E-state index contributed by atoms with van der Waals surface area (Å²) < 4.78 is 4.79. The second-order valence-electron chi connectivity index (χ2n) is 6.36. The maximum atomic E-state index is 12.6. The van der Waals surface area contributed by atoms with Crippen molar-refractivity contribution < 1.29 is 14.3 Å². The van der Waals surface area contributed by atoms with Crippen LogP contribution >= 0.6 is 0 Å². The van der Waals surface area contributed by atoms with Gasteiger partial charge in [0.05, 0.1) is 19.1 Å². The molecule has 3 unspecified atom stereocenters. The van der Waals surface area contributed by atoms with Gasteiger partial charge < -0.3 is 15.0 Å². The third-order valence-electron chi connectivity index (χ3n) is 5.35. The fourth-order valence-electron chi connectivity index (χ4n) is 4.16. The van der Waals surface area contributed by atoms with E-state index >= 15 is 0 Å². The smallest absolute Gasteiger partial charge is 0.308 e. The summed E-state index contributed by atoms with van der Waals surface area (Å²) in [6.07, 6.45) is 5.20. The molecular formula is C15H24N2O3. The van der Waals surface area contributed by atoms with Gasteiger partial charge in [-0.15, -0.1) is 0 Å². The Kier molecular flexibility index (Phi) is 3.96. The largest absolute Gasteiger partial charge is 0.469 e. The summed E-state index contributed by atoms with van der Waals surface area (Å²) in [5, 5.41) is 3.42. The molecule has 0 radical (unpaired) electrons. The number of methoxy groups -OCH3 is 1. The molecule has 3 atom stereocenters. The summed E-state index contributed by atoms with van der Waals surface area (Å²) in [6.45, 7) is 2.38. The molecule has 2 aliphatic heterocycles. The zero-order valence-electron chi connectivity index (χ0n) is 12.1. The summed E-state index contributed by atoms with van der Waals surface area (Å²) in [4.78, 5) is 26.1. The van der Waals surface area contributed by atoms with Crippen LogP contribution in [-0.2, 0) is 14.3 Å². The number of likely N-dealkylation sites (tertiary alicyclic amines) is 1. The third-order valence-corrected chi connectivity index (χ3v) is 5.35. The van der Waals surface area contributed by atoms with Gasteiger partial charge in [-0.05, 0) is 44.1 Å². The summed E-state index contributed by atoms with van der Waals surface area (Å²) in [7, 11) is 1.43. The van der Waals surface area contributed by atoms with Crippen LogP contribution in [0.2, 0.25) is 0 Å². The number of nitrogens with zero attached hydrogens (tertiary/aromatic N) is 1. The zero-order valence-corrected chi connectivity index (χ0v) is 12.1. The molecule has 112 valence electrons. The Bertz CT molecular complexity index is 391. The standard InChI is InChI=1S/C15H24N2O3/c1-20-15(19)10-5-7-17(8-6-10)14(18)13-12-4-2-3-11(12)9-16-13/h10-13,16H,2-9H2,1H3. The molecule has 2 heterocycles. The first-order valence-electron chi connectivity index (χ1n) is 7.80. The van der Waals surface area contributed by atoms with Crippen molar-refractivity contribution in [2.24, 2.45) is 17.8 Å². The first-order valence-corrected chi connectivity index (χ1v) is 7.80. The number of hydrogen-bond acceptors (Lipinski definition) is 4. The molecule has 1 N–H and O–H groups in total. The molecular weight excluding hydrogens is 256 g/mol. The topological polar surface area (TPSA) is 58.6 Å². The third kappa shape index (κ3) is 2.43. The number of nitrogens with one attached hydrogen (secondary N) is 1. The summed E-state index contributed by atoms with van der Waals surface area (Å²) >= 11 is 0. The number of carbonyl (C=O) groups is 2. The lowest BCUT2D eigenvalue weighted by Crippen LogP contribution is -2.49. The fraction of sp³-hybridized carbons (Fsp3) is 0.867. The molecule has 20 heavy (non-hydrogen) atoms. The molecule has 0 aromatic heterocycles. The lowest BCUT2D eigenvalue weighted by atomic mass is 9.91. The number of carbonyl (C=O) groups excluding carboxylic acids is 2. The van der Waals surface area contributed by atoms with Crippen LogP contribution in [-0.4, -0.2) is 49.6 Å². The Morgan fingerprint density at radius 1 is 1.15 bits per heavy atom. The van der Waals surface area contributed by atoms with Gasteiger partial charge in [0.15, 0.2) is 0 Å². The van der Waals surface area contributed by atoms with Gasteiger partial charge in [-0.25, -0.2) is 0 Å². The molecule has 5 heteroatoms. The van der Waals surface area contributed by atoms with Gasteiger partial charge in [-0.3, -0.25) is 9.59 Å². The minimum atomic E-state index is -0.132. The van der Waals surface area contributed by atoms with Gasteiger partial charge in [0, 0.05) is 13.1 Å². The van der Waals surface area contributed by atoms with Crippen LogP contribution in [0.25, 0.3) is 0 Å². The molecule has 3 aliphatic rings. The molecule has 5 nitrogen and oxygen atoms in total. The van der Waals surface area contributed by atoms with Gasteiger partial charge in [0.2, 0.25) is 5.91 Å². The number of amides is 1. The molecule has 1 amide bonds. The van der Waals surface area contributed by atoms with E-state index in [1.54, 1.807) is 0 Å². The van der Waals surface area contributed by atoms with Gasteiger partial charge in [-0.1, -0.05) is 6.42 Å². The normalized spacial score (nSPS) is 34.0. The number of fused-ring (bicyclic) bond motifs is 1. The van der Waals surface area contributed by atoms with Crippen molar-refractivity contribution in [1.82, 2.24) is 10.2 Å². The number of esters is 1. The van der Waals surface area contributed by atoms with E-state index in [0.29, 0.717) is 24.9 Å². The summed E-state index contributed by atoms with van der Waals surface area (Å²) in [5.41, 5.74) is 0. The highest BCUT2D eigenvalue weighted by Gasteiger charge is 2.44. The number of rotatable bonds is 2. The maximum Gasteiger partial charge on any atom is 0.308 e. The summed E-state index contributed by atoms with van der Waals surface area (Å²) in [6, 6.07) is 0.0252. The Labute approximate surface area is 120 Å². The monoisotopic (exact) mass is 280 g/mol. The zero-order chi connectivity index (χ0) is 14.1. The van der Waals surface area contributed by atoms with Crippen LogP contribution in [0.4, 0.5) is 0 Å². The van der Waals surface area contributed by atoms with E-state index in [-0.39, 0.29) is 23.8 Å². The van der Waals surface area contributed by atoms with Crippen LogP contribution in [0.1, 0.15) is 32.1 Å². The first kappa shape index (κ1) is 13.9. The van der Waals surface area contributed by atoms with Crippen molar-refractivity contribution in [2.45, 2.75) is 38.1 Å². The average Bonchev–Trinajstić information content (AvgIpc) is 3.08. The Morgan fingerprint density at radius 2 is 1.90 bits per heavy atom. The molecule has 0 aromatic carbocycles. The minimum Gasteiger partial charge on any atom is -0.469 e. The highest BCUT2D eigenvalue weighted by molar-refractivity contribution is 5.83. The first-order chi connectivity index (χ1) is 9.70. The van der Waals surface area contributed by atoms with Gasteiger partial charge >= 0.3 is 5.97 Å². The Hall–Kier alpha value is -1.10. The lowest BCUT2D eigenvalue weighted by molar-refractivity contribution is -0.149. The van der Waals surface area contributed by atoms with E-state index in [0.717, 1.165) is 19.4 Å². The highest BCUT2D eigenvalue weighted by Crippen LogP contribution is 2.38. The van der Waals surface area contributed by atoms with Crippen molar-refractivity contribution in [3.63, 3.8) is 0 Å². The highest BCUT2D eigenvalue weighted by atomic mass is 16.5. The number of hydrogen-bond donors (Lipinski definition) is 1. The van der Waals surface area contributed by atoms with Crippen LogP contribution in [0, 0.1) is 17.8 Å². The van der Waals surface area contributed by atoms with Crippen LogP contribution in [0.5, 0.6) is 0 Å². The van der Waals surface area contributed by atoms with Crippen LogP contribution in [0.15, 0.2) is 0 Å². The maximum absolute atomic E-state index is 12.6. The van der Waals surface area contributed by atoms with Crippen LogP contribution < -0.4 is 5.32 Å².